The lowest BCUT2D eigenvalue weighted by atomic mass is 10.1. The molecule has 0 saturated heterocycles. The molecule has 0 aromatic carbocycles. The van der Waals surface area contributed by atoms with Gasteiger partial charge in [0.1, 0.15) is 5.82 Å². The molecule has 0 radical (unpaired) electrons. The number of aryl methyl sites for hydroxylation is 1. The van der Waals surface area contributed by atoms with E-state index in [1.54, 1.807) is 0 Å². The molecule has 1 aliphatic rings. The van der Waals surface area contributed by atoms with E-state index >= 15 is 0 Å². The van der Waals surface area contributed by atoms with Crippen LogP contribution in [0.5, 0.6) is 0 Å². The predicted octanol–water partition coefficient (Wildman–Crippen LogP) is 3.19. The summed E-state index contributed by atoms with van der Waals surface area (Å²) >= 11 is 0. The summed E-state index contributed by atoms with van der Waals surface area (Å²) in [6.45, 7) is 9.63. The first-order valence-corrected chi connectivity index (χ1v) is 8.03. The maximum absolute atomic E-state index is 4.81. The monoisotopic (exact) mass is 288 g/mol. The predicted molar refractivity (Wildman–Crippen MR) is 90.9 cm³/mol. The van der Waals surface area contributed by atoms with Crippen LogP contribution in [-0.2, 0) is 6.42 Å². The lowest BCUT2D eigenvalue weighted by molar-refractivity contribution is 0.566. The summed E-state index contributed by atoms with van der Waals surface area (Å²) in [6.07, 6.45) is 3.32. The normalized spacial score (nSPS) is 14.0. The minimum Gasteiger partial charge on any atom is -0.355 e. The van der Waals surface area contributed by atoms with Crippen molar-refractivity contribution in [3.05, 3.63) is 17.7 Å². The third-order valence-corrected chi connectivity index (χ3v) is 3.93. The number of likely N-dealkylation sites (N-methyl/N-ethyl adjacent to an activating group) is 1. The Morgan fingerprint density at radius 2 is 2.05 bits per heavy atom. The van der Waals surface area contributed by atoms with Crippen LogP contribution in [0.1, 0.15) is 39.2 Å². The molecule has 2 heterocycles. The second kappa shape index (κ2) is 7.55. The minimum absolute atomic E-state index is 0.708. The number of pyridine rings is 1. The topological polar surface area (TPSA) is 40.5 Å². The minimum atomic E-state index is 0.708. The molecule has 0 saturated carbocycles. The Labute approximate surface area is 128 Å². The van der Waals surface area contributed by atoms with Crippen molar-refractivity contribution in [1.82, 2.24) is 10.3 Å². The highest BCUT2D eigenvalue weighted by Crippen LogP contribution is 2.27. The first-order chi connectivity index (χ1) is 10.1. The molecule has 0 bridgehead atoms. The van der Waals surface area contributed by atoms with Gasteiger partial charge in [-0.2, -0.15) is 0 Å². The van der Waals surface area contributed by atoms with Crippen molar-refractivity contribution in [2.75, 3.05) is 31.6 Å². The lowest BCUT2D eigenvalue weighted by Gasteiger charge is -2.25. The molecular weight excluding hydrogens is 260 g/mol. The van der Waals surface area contributed by atoms with Crippen LogP contribution in [0.15, 0.2) is 17.1 Å². The number of fused-ring (bicyclic) bond motifs is 1. The van der Waals surface area contributed by atoms with Gasteiger partial charge in [-0.3, -0.25) is 0 Å². The van der Waals surface area contributed by atoms with E-state index in [1.807, 2.05) is 7.05 Å². The molecular formula is C17H28N4. The number of aliphatic imine (C=N–C) groups is 1. The number of anilines is 1. The van der Waals surface area contributed by atoms with Crippen LogP contribution in [0.25, 0.3) is 0 Å². The standard InChI is InChI=1S/C17H28N4/c1-13(2)9-11-21(12-10-18-4)16-8-7-15-6-5-14(3)19-17(15)20-16/h7-8,13,18H,5-6,9-12H2,1-4H3. The average molecular weight is 288 g/mol. The van der Waals surface area contributed by atoms with Gasteiger partial charge in [-0.25, -0.2) is 9.98 Å². The van der Waals surface area contributed by atoms with Crippen molar-refractivity contribution >= 4 is 17.3 Å². The van der Waals surface area contributed by atoms with Gasteiger partial charge in [0.05, 0.1) is 0 Å². The van der Waals surface area contributed by atoms with Gasteiger partial charge in [-0.05, 0) is 50.8 Å². The van der Waals surface area contributed by atoms with E-state index in [0.29, 0.717) is 5.92 Å². The second-order valence-electron chi connectivity index (χ2n) is 6.27. The molecule has 1 N–H and O–H groups in total. The van der Waals surface area contributed by atoms with Crippen LogP contribution in [0.4, 0.5) is 11.6 Å². The molecule has 0 spiro atoms. The highest BCUT2D eigenvalue weighted by atomic mass is 15.2. The van der Waals surface area contributed by atoms with Crippen LogP contribution in [0.3, 0.4) is 0 Å². The quantitative estimate of drug-likeness (QED) is 0.837. The molecule has 4 nitrogen and oxygen atoms in total. The van der Waals surface area contributed by atoms with E-state index in [1.165, 1.54) is 17.7 Å². The molecule has 0 atom stereocenters. The third kappa shape index (κ3) is 4.53. The average Bonchev–Trinajstić information content (AvgIpc) is 2.46. The highest BCUT2D eigenvalue weighted by Gasteiger charge is 2.14. The van der Waals surface area contributed by atoms with Crippen molar-refractivity contribution in [3.8, 4) is 0 Å². The van der Waals surface area contributed by atoms with Crippen LogP contribution in [0.2, 0.25) is 0 Å². The Hall–Kier alpha value is -1.42. The Bertz CT molecular complexity index is 494. The van der Waals surface area contributed by atoms with Crippen molar-refractivity contribution in [3.63, 3.8) is 0 Å². The molecule has 1 aliphatic heterocycles. The second-order valence-corrected chi connectivity index (χ2v) is 6.27. The third-order valence-electron chi connectivity index (χ3n) is 3.93. The fraction of sp³-hybridized carbons (Fsp3) is 0.647. The first-order valence-electron chi connectivity index (χ1n) is 8.03. The van der Waals surface area contributed by atoms with E-state index < -0.39 is 0 Å². The first kappa shape index (κ1) is 16.0. The molecule has 0 unspecified atom stereocenters. The number of nitrogens with zero attached hydrogens (tertiary/aromatic N) is 3. The molecule has 2 rings (SSSR count). The summed E-state index contributed by atoms with van der Waals surface area (Å²) < 4.78 is 0. The van der Waals surface area contributed by atoms with Gasteiger partial charge in [-0.15, -0.1) is 0 Å². The van der Waals surface area contributed by atoms with Crippen LogP contribution >= 0.6 is 0 Å². The van der Waals surface area contributed by atoms with Crippen molar-refractivity contribution in [2.24, 2.45) is 10.9 Å². The molecule has 116 valence electrons. The zero-order chi connectivity index (χ0) is 15.2. The van der Waals surface area contributed by atoms with E-state index in [4.69, 9.17) is 4.98 Å². The number of hydrogen-bond acceptors (Lipinski definition) is 4. The number of nitrogens with one attached hydrogen (secondary N) is 1. The van der Waals surface area contributed by atoms with Crippen molar-refractivity contribution in [1.29, 1.82) is 0 Å². The van der Waals surface area contributed by atoms with Gasteiger partial charge < -0.3 is 10.2 Å². The van der Waals surface area contributed by atoms with Crippen LogP contribution in [0, 0.1) is 5.92 Å². The molecule has 4 heteroatoms. The summed E-state index contributed by atoms with van der Waals surface area (Å²) in [6, 6.07) is 4.36. The maximum Gasteiger partial charge on any atom is 0.157 e. The fourth-order valence-corrected chi connectivity index (χ4v) is 2.49. The van der Waals surface area contributed by atoms with Crippen molar-refractivity contribution in [2.45, 2.75) is 40.0 Å². The van der Waals surface area contributed by atoms with Gasteiger partial charge in [0.2, 0.25) is 0 Å². The summed E-state index contributed by atoms with van der Waals surface area (Å²) in [5, 5.41) is 3.23. The lowest BCUT2D eigenvalue weighted by Crippen LogP contribution is -2.33. The van der Waals surface area contributed by atoms with Gasteiger partial charge in [0.15, 0.2) is 5.82 Å². The molecule has 1 aromatic rings. The Morgan fingerprint density at radius 1 is 1.24 bits per heavy atom. The van der Waals surface area contributed by atoms with E-state index in [2.05, 4.69) is 48.1 Å². The largest absolute Gasteiger partial charge is 0.355 e. The number of aromatic nitrogens is 1. The number of hydrogen-bond donors (Lipinski definition) is 1. The fourth-order valence-electron chi connectivity index (χ4n) is 2.49. The zero-order valence-corrected chi connectivity index (χ0v) is 13.8. The van der Waals surface area contributed by atoms with E-state index in [9.17, 15) is 0 Å². The van der Waals surface area contributed by atoms with Gasteiger partial charge in [0.25, 0.3) is 0 Å². The molecule has 0 fully saturated rings. The molecule has 21 heavy (non-hydrogen) atoms. The summed E-state index contributed by atoms with van der Waals surface area (Å²) in [5.41, 5.74) is 2.47. The molecule has 0 aliphatic carbocycles. The zero-order valence-electron chi connectivity index (χ0n) is 13.8. The Balaban J connectivity index is 2.17. The van der Waals surface area contributed by atoms with Gasteiger partial charge >= 0.3 is 0 Å². The Morgan fingerprint density at radius 3 is 2.76 bits per heavy atom. The van der Waals surface area contributed by atoms with Crippen LogP contribution < -0.4 is 10.2 Å². The summed E-state index contributed by atoms with van der Waals surface area (Å²) in [7, 11) is 1.99. The highest BCUT2D eigenvalue weighted by molar-refractivity contribution is 5.86. The smallest absolute Gasteiger partial charge is 0.157 e. The van der Waals surface area contributed by atoms with Crippen LogP contribution in [-0.4, -0.2) is 37.4 Å². The van der Waals surface area contributed by atoms with Gasteiger partial charge in [-0.1, -0.05) is 19.9 Å². The molecule has 1 aromatic heterocycles. The van der Waals surface area contributed by atoms with Gasteiger partial charge in [0, 0.05) is 25.3 Å². The van der Waals surface area contributed by atoms with Crippen molar-refractivity contribution < 1.29 is 0 Å². The maximum atomic E-state index is 4.81. The Kier molecular flexibility index (Phi) is 5.74. The summed E-state index contributed by atoms with van der Waals surface area (Å²) in [5.74, 6) is 2.69. The number of rotatable bonds is 7. The SMILES string of the molecule is CNCCN(CCC(C)C)c1ccc2c(n1)N=C(C)CC2. The van der Waals surface area contributed by atoms with E-state index in [0.717, 1.165) is 44.1 Å². The summed E-state index contributed by atoms with van der Waals surface area (Å²) in [4.78, 5) is 11.8. The molecule has 0 amide bonds. The van der Waals surface area contributed by atoms with E-state index in [-0.39, 0.29) is 0 Å².